The summed E-state index contributed by atoms with van der Waals surface area (Å²) >= 11 is 0. The molecular formula is C13H21N3. The zero-order valence-electron chi connectivity index (χ0n) is 9.95. The van der Waals surface area contributed by atoms with Crippen molar-refractivity contribution in [2.24, 2.45) is 5.92 Å². The maximum Gasteiger partial charge on any atom is 0.126 e. The number of nitrogens with zero attached hydrogens (tertiary/aromatic N) is 1. The van der Waals surface area contributed by atoms with Crippen LogP contribution < -0.4 is 11.1 Å². The third-order valence-corrected chi connectivity index (χ3v) is 3.52. The molecule has 3 heteroatoms. The smallest absolute Gasteiger partial charge is 0.126 e. The average Bonchev–Trinajstić information content (AvgIpc) is 2.33. The van der Waals surface area contributed by atoms with Gasteiger partial charge in [-0.15, -0.1) is 0 Å². The molecule has 1 aliphatic carbocycles. The minimum absolute atomic E-state index is 0.511. The molecule has 0 radical (unpaired) electrons. The minimum atomic E-state index is 0.511. The highest BCUT2D eigenvalue weighted by Crippen LogP contribution is 2.27. The first kappa shape index (κ1) is 11.2. The van der Waals surface area contributed by atoms with Crippen molar-refractivity contribution in [3.63, 3.8) is 0 Å². The van der Waals surface area contributed by atoms with Crippen LogP contribution >= 0.6 is 0 Å². The molecule has 16 heavy (non-hydrogen) atoms. The molecule has 0 bridgehead atoms. The lowest BCUT2D eigenvalue weighted by Crippen LogP contribution is -2.28. The van der Waals surface area contributed by atoms with E-state index in [0.29, 0.717) is 6.04 Å². The zero-order chi connectivity index (χ0) is 11.4. The number of hydrogen-bond acceptors (Lipinski definition) is 3. The van der Waals surface area contributed by atoms with Crippen molar-refractivity contribution in [1.29, 1.82) is 0 Å². The standard InChI is InChI=1S/C13H21N3/c1-10(11-5-3-2-4-6-11)16-13-8-7-12(14)9-15-13/h7-11H,2-6,14H2,1H3,(H,15,16). The van der Waals surface area contributed by atoms with E-state index in [1.54, 1.807) is 6.20 Å². The van der Waals surface area contributed by atoms with Gasteiger partial charge in [-0.3, -0.25) is 0 Å². The fourth-order valence-electron chi connectivity index (χ4n) is 2.48. The summed E-state index contributed by atoms with van der Waals surface area (Å²) in [5, 5.41) is 3.47. The Hall–Kier alpha value is -1.25. The van der Waals surface area contributed by atoms with E-state index in [1.807, 2.05) is 12.1 Å². The molecule has 3 N–H and O–H groups in total. The Bertz CT molecular complexity index is 314. The minimum Gasteiger partial charge on any atom is -0.397 e. The van der Waals surface area contributed by atoms with Gasteiger partial charge in [-0.2, -0.15) is 0 Å². The van der Waals surface area contributed by atoms with Crippen LogP contribution in [-0.2, 0) is 0 Å². The van der Waals surface area contributed by atoms with Crippen LogP contribution in [0.5, 0.6) is 0 Å². The Morgan fingerprint density at radius 3 is 2.69 bits per heavy atom. The second kappa shape index (κ2) is 5.19. The van der Waals surface area contributed by atoms with Crippen LogP contribution in [0.2, 0.25) is 0 Å². The van der Waals surface area contributed by atoms with Crippen molar-refractivity contribution < 1.29 is 0 Å². The van der Waals surface area contributed by atoms with Gasteiger partial charge in [0.25, 0.3) is 0 Å². The summed E-state index contributed by atoms with van der Waals surface area (Å²) in [6.45, 7) is 2.26. The molecule has 1 aliphatic rings. The van der Waals surface area contributed by atoms with Gasteiger partial charge >= 0.3 is 0 Å². The van der Waals surface area contributed by atoms with Crippen molar-refractivity contribution in [1.82, 2.24) is 4.98 Å². The SMILES string of the molecule is CC(Nc1ccc(N)cn1)C1CCCCC1. The van der Waals surface area contributed by atoms with Crippen LogP contribution in [0.1, 0.15) is 39.0 Å². The molecule has 88 valence electrons. The van der Waals surface area contributed by atoms with Gasteiger partial charge in [0.1, 0.15) is 5.82 Å². The second-order valence-corrected chi connectivity index (χ2v) is 4.81. The second-order valence-electron chi connectivity index (χ2n) is 4.81. The lowest BCUT2D eigenvalue weighted by atomic mass is 9.84. The molecule has 1 aromatic rings. The van der Waals surface area contributed by atoms with E-state index in [2.05, 4.69) is 17.2 Å². The van der Waals surface area contributed by atoms with E-state index < -0.39 is 0 Å². The summed E-state index contributed by atoms with van der Waals surface area (Å²) in [5.74, 6) is 1.74. The van der Waals surface area contributed by atoms with E-state index in [4.69, 9.17) is 5.73 Å². The van der Waals surface area contributed by atoms with Crippen LogP contribution in [0.4, 0.5) is 11.5 Å². The van der Waals surface area contributed by atoms with Crippen LogP contribution in [0.25, 0.3) is 0 Å². The average molecular weight is 219 g/mol. The molecular weight excluding hydrogens is 198 g/mol. The number of nitrogen functional groups attached to an aromatic ring is 1. The molecule has 0 saturated heterocycles. The molecule has 0 aromatic carbocycles. The Balaban J connectivity index is 1.90. The summed E-state index contributed by atoms with van der Waals surface area (Å²) < 4.78 is 0. The lowest BCUT2D eigenvalue weighted by Gasteiger charge is -2.28. The molecule has 1 aromatic heterocycles. The molecule has 2 rings (SSSR count). The number of hydrogen-bond donors (Lipinski definition) is 2. The monoisotopic (exact) mass is 219 g/mol. The Kier molecular flexibility index (Phi) is 3.65. The number of aromatic nitrogens is 1. The number of anilines is 2. The maximum atomic E-state index is 5.61. The summed E-state index contributed by atoms with van der Waals surface area (Å²) in [4.78, 5) is 4.28. The Morgan fingerprint density at radius 2 is 2.06 bits per heavy atom. The van der Waals surface area contributed by atoms with Gasteiger partial charge in [-0.05, 0) is 37.8 Å². The van der Waals surface area contributed by atoms with Crippen molar-refractivity contribution >= 4 is 11.5 Å². The number of nitrogens with one attached hydrogen (secondary N) is 1. The summed E-state index contributed by atoms with van der Waals surface area (Å²) in [6.07, 6.45) is 8.57. The first-order valence-electron chi connectivity index (χ1n) is 6.24. The van der Waals surface area contributed by atoms with Crippen molar-refractivity contribution in [2.45, 2.75) is 45.1 Å². The molecule has 0 amide bonds. The van der Waals surface area contributed by atoms with Crippen molar-refractivity contribution in [2.75, 3.05) is 11.1 Å². The van der Waals surface area contributed by atoms with Gasteiger partial charge in [0.2, 0.25) is 0 Å². The predicted molar refractivity (Wildman–Crippen MR) is 68.3 cm³/mol. The van der Waals surface area contributed by atoms with Crippen LogP contribution in [0.3, 0.4) is 0 Å². The summed E-state index contributed by atoms with van der Waals surface area (Å²) in [7, 11) is 0. The quantitative estimate of drug-likeness (QED) is 0.821. The van der Waals surface area contributed by atoms with Crippen molar-refractivity contribution in [3.8, 4) is 0 Å². The van der Waals surface area contributed by atoms with Gasteiger partial charge in [0.15, 0.2) is 0 Å². The van der Waals surface area contributed by atoms with E-state index in [-0.39, 0.29) is 0 Å². The Labute approximate surface area is 97.5 Å². The van der Waals surface area contributed by atoms with E-state index in [0.717, 1.165) is 17.4 Å². The molecule has 1 unspecified atom stereocenters. The first-order valence-corrected chi connectivity index (χ1v) is 6.24. The molecule has 1 heterocycles. The lowest BCUT2D eigenvalue weighted by molar-refractivity contribution is 0.328. The van der Waals surface area contributed by atoms with E-state index >= 15 is 0 Å². The normalized spacial score (nSPS) is 19.3. The van der Waals surface area contributed by atoms with Gasteiger partial charge in [-0.1, -0.05) is 19.3 Å². The fourth-order valence-corrected chi connectivity index (χ4v) is 2.48. The van der Waals surface area contributed by atoms with E-state index in [1.165, 1.54) is 32.1 Å². The fraction of sp³-hybridized carbons (Fsp3) is 0.615. The number of nitrogens with two attached hydrogens (primary N) is 1. The van der Waals surface area contributed by atoms with Gasteiger partial charge in [0, 0.05) is 6.04 Å². The highest BCUT2D eigenvalue weighted by atomic mass is 15.0. The van der Waals surface area contributed by atoms with Crippen LogP contribution in [0, 0.1) is 5.92 Å². The van der Waals surface area contributed by atoms with Crippen molar-refractivity contribution in [3.05, 3.63) is 18.3 Å². The Morgan fingerprint density at radius 1 is 1.31 bits per heavy atom. The molecule has 1 saturated carbocycles. The molecule has 0 aliphatic heterocycles. The summed E-state index contributed by atoms with van der Waals surface area (Å²) in [5.41, 5.74) is 6.33. The summed E-state index contributed by atoms with van der Waals surface area (Å²) in [6, 6.07) is 4.36. The van der Waals surface area contributed by atoms with Crippen LogP contribution in [-0.4, -0.2) is 11.0 Å². The maximum absolute atomic E-state index is 5.61. The molecule has 3 nitrogen and oxygen atoms in total. The third kappa shape index (κ3) is 2.87. The molecule has 1 atom stereocenters. The van der Waals surface area contributed by atoms with E-state index in [9.17, 15) is 0 Å². The zero-order valence-corrected chi connectivity index (χ0v) is 9.95. The number of rotatable bonds is 3. The van der Waals surface area contributed by atoms with Gasteiger partial charge in [0.05, 0.1) is 11.9 Å². The highest BCUT2D eigenvalue weighted by Gasteiger charge is 2.19. The largest absolute Gasteiger partial charge is 0.397 e. The highest BCUT2D eigenvalue weighted by molar-refractivity contribution is 5.44. The molecule has 1 fully saturated rings. The molecule has 0 spiro atoms. The van der Waals surface area contributed by atoms with Gasteiger partial charge in [-0.25, -0.2) is 4.98 Å². The number of pyridine rings is 1. The predicted octanol–water partition coefficient (Wildman–Crippen LogP) is 3.04. The first-order chi connectivity index (χ1) is 7.75. The van der Waals surface area contributed by atoms with Gasteiger partial charge < -0.3 is 11.1 Å². The third-order valence-electron chi connectivity index (χ3n) is 3.52. The topological polar surface area (TPSA) is 50.9 Å². The van der Waals surface area contributed by atoms with Crippen LogP contribution in [0.15, 0.2) is 18.3 Å².